The van der Waals surface area contributed by atoms with Crippen molar-refractivity contribution < 1.29 is 14.3 Å². The van der Waals surface area contributed by atoms with Crippen LogP contribution in [-0.4, -0.2) is 18.3 Å². The van der Waals surface area contributed by atoms with Gasteiger partial charge in [-0.3, -0.25) is 9.59 Å². The molecular formula is C20H15NO3. The lowest BCUT2D eigenvalue weighted by atomic mass is 9.94. The summed E-state index contributed by atoms with van der Waals surface area (Å²) in [4.78, 5) is 23.8. The first-order valence-corrected chi connectivity index (χ1v) is 7.84. The van der Waals surface area contributed by atoms with E-state index in [4.69, 9.17) is 4.74 Å². The van der Waals surface area contributed by atoms with Gasteiger partial charge in [0.1, 0.15) is 5.75 Å². The van der Waals surface area contributed by atoms with Crippen LogP contribution in [0.2, 0.25) is 0 Å². The van der Waals surface area contributed by atoms with Gasteiger partial charge in [-0.2, -0.15) is 0 Å². The van der Waals surface area contributed by atoms with E-state index in [1.54, 1.807) is 12.1 Å². The Bertz CT molecular complexity index is 991. The van der Waals surface area contributed by atoms with E-state index in [0.717, 1.165) is 27.6 Å². The molecular weight excluding hydrogens is 302 g/mol. The summed E-state index contributed by atoms with van der Waals surface area (Å²) in [7, 11) is 0. The number of ether oxygens (including phenoxy) is 1. The van der Waals surface area contributed by atoms with Crippen LogP contribution in [0.3, 0.4) is 0 Å². The van der Waals surface area contributed by atoms with E-state index >= 15 is 0 Å². The number of amides is 1. The van der Waals surface area contributed by atoms with Gasteiger partial charge in [-0.05, 0) is 29.8 Å². The number of ketones is 1. The third-order valence-corrected chi connectivity index (χ3v) is 4.21. The van der Waals surface area contributed by atoms with E-state index < -0.39 is 11.7 Å². The predicted molar refractivity (Wildman–Crippen MR) is 93.5 cm³/mol. The summed E-state index contributed by atoms with van der Waals surface area (Å²) in [5.41, 5.74) is 2.66. The van der Waals surface area contributed by atoms with E-state index in [9.17, 15) is 9.59 Å². The largest absolute Gasteiger partial charge is 0.493 e. The first-order chi connectivity index (χ1) is 11.7. The van der Waals surface area contributed by atoms with E-state index in [1.807, 2.05) is 49.4 Å². The van der Waals surface area contributed by atoms with Gasteiger partial charge < -0.3 is 10.1 Å². The molecule has 3 aromatic rings. The molecule has 0 saturated carbocycles. The highest BCUT2D eigenvalue weighted by atomic mass is 16.5. The molecule has 1 amide bonds. The molecule has 1 heterocycles. The third kappa shape index (κ3) is 2.07. The maximum absolute atomic E-state index is 12.0. The number of Topliss-reactive ketones (excluding diaryl/α,β-unsaturated/α-hetero) is 1. The van der Waals surface area contributed by atoms with Gasteiger partial charge in [-0.25, -0.2) is 0 Å². The van der Waals surface area contributed by atoms with Crippen molar-refractivity contribution >= 4 is 28.2 Å². The van der Waals surface area contributed by atoms with Gasteiger partial charge in [0.05, 0.1) is 17.9 Å². The van der Waals surface area contributed by atoms with Crippen LogP contribution in [0, 0.1) is 0 Å². The molecule has 4 heteroatoms. The minimum atomic E-state index is -0.587. The summed E-state index contributed by atoms with van der Waals surface area (Å²) in [6, 6.07) is 17.3. The molecule has 24 heavy (non-hydrogen) atoms. The molecule has 0 aromatic heterocycles. The van der Waals surface area contributed by atoms with E-state index in [2.05, 4.69) is 5.32 Å². The first-order valence-electron chi connectivity index (χ1n) is 7.84. The Balaban J connectivity index is 2.06. The van der Waals surface area contributed by atoms with Crippen LogP contribution in [-0.2, 0) is 4.79 Å². The van der Waals surface area contributed by atoms with Gasteiger partial charge in [-0.1, -0.05) is 42.5 Å². The Morgan fingerprint density at radius 1 is 0.917 bits per heavy atom. The van der Waals surface area contributed by atoms with Gasteiger partial charge in [0, 0.05) is 11.1 Å². The highest BCUT2D eigenvalue weighted by Gasteiger charge is 2.31. The van der Waals surface area contributed by atoms with E-state index in [-0.39, 0.29) is 0 Å². The van der Waals surface area contributed by atoms with Crippen molar-refractivity contribution in [1.82, 2.24) is 0 Å². The standard InChI is InChI=1S/C20H15NO3/c1-2-24-16-11-10-12-6-3-4-7-13(12)17(16)14-8-5-9-15-18(14)21-20(23)19(15)22/h3-11H,2H2,1H3,(H,21,22,23). The number of rotatable bonds is 3. The fourth-order valence-corrected chi connectivity index (χ4v) is 3.18. The van der Waals surface area contributed by atoms with Crippen LogP contribution < -0.4 is 10.1 Å². The summed E-state index contributed by atoms with van der Waals surface area (Å²) in [5.74, 6) is -0.348. The Hall–Kier alpha value is -3.14. The number of benzene rings is 3. The zero-order valence-corrected chi connectivity index (χ0v) is 13.1. The zero-order valence-electron chi connectivity index (χ0n) is 13.1. The molecule has 1 aliphatic rings. The van der Waals surface area contributed by atoms with Crippen molar-refractivity contribution in [3.63, 3.8) is 0 Å². The molecule has 0 radical (unpaired) electrons. The molecule has 0 spiro atoms. The number of hydrogen-bond donors (Lipinski definition) is 1. The topological polar surface area (TPSA) is 55.4 Å². The van der Waals surface area contributed by atoms with E-state index in [1.165, 1.54) is 0 Å². The molecule has 0 fully saturated rings. The fraction of sp³-hybridized carbons (Fsp3) is 0.100. The Morgan fingerprint density at radius 3 is 2.54 bits per heavy atom. The maximum Gasteiger partial charge on any atom is 0.296 e. The second kappa shape index (κ2) is 5.49. The van der Waals surface area contributed by atoms with Crippen LogP contribution in [0.1, 0.15) is 17.3 Å². The van der Waals surface area contributed by atoms with Gasteiger partial charge in [0.25, 0.3) is 11.7 Å². The molecule has 0 unspecified atom stereocenters. The van der Waals surface area contributed by atoms with Crippen LogP contribution in [0.5, 0.6) is 5.75 Å². The van der Waals surface area contributed by atoms with Crippen molar-refractivity contribution in [3.8, 4) is 16.9 Å². The van der Waals surface area contributed by atoms with Crippen molar-refractivity contribution in [2.45, 2.75) is 6.92 Å². The third-order valence-electron chi connectivity index (χ3n) is 4.21. The molecule has 3 aromatic carbocycles. The van der Waals surface area contributed by atoms with Crippen LogP contribution in [0.15, 0.2) is 54.6 Å². The second-order valence-corrected chi connectivity index (χ2v) is 5.60. The number of nitrogens with one attached hydrogen (secondary N) is 1. The van der Waals surface area contributed by atoms with Gasteiger partial charge in [0.2, 0.25) is 0 Å². The molecule has 1 N–H and O–H groups in total. The molecule has 118 valence electrons. The van der Waals surface area contributed by atoms with Crippen LogP contribution in [0.25, 0.3) is 21.9 Å². The predicted octanol–water partition coefficient (Wildman–Crippen LogP) is 4.04. The van der Waals surface area contributed by atoms with E-state index in [0.29, 0.717) is 17.9 Å². The molecule has 4 nitrogen and oxygen atoms in total. The molecule has 0 bridgehead atoms. The monoisotopic (exact) mass is 317 g/mol. The highest BCUT2D eigenvalue weighted by Crippen LogP contribution is 2.43. The Kier molecular flexibility index (Phi) is 3.31. The smallest absolute Gasteiger partial charge is 0.296 e. The molecule has 0 aliphatic carbocycles. The Morgan fingerprint density at radius 2 is 1.71 bits per heavy atom. The number of carbonyl (C=O) groups excluding carboxylic acids is 2. The lowest BCUT2D eigenvalue weighted by Gasteiger charge is -2.16. The average molecular weight is 317 g/mol. The SMILES string of the molecule is CCOc1ccc2ccccc2c1-c1cccc2c1NC(=O)C2=O. The van der Waals surface area contributed by atoms with Gasteiger partial charge >= 0.3 is 0 Å². The Labute approximate surface area is 139 Å². The summed E-state index contributed by atoms with van der Waals surface area (Å²) in [6.07, 6.45) is 0. The van der Waals surface area contributed by atoms with Gasteiger partial charge in [0.15, 0.2) is 0 Å². The maximum atomic E-state index is 12.0. The molecule has 0 saturated heterocycles. The summed E-state index contributed by atoms with van der Waals surface area (Å²) in [5, 5.41) is 4.80. The highest BCUT2D eigenvalue weighted by molar-refractivity contribution is 6.52. The van der Waals surface area contributed by atoms with Crippen molar-refractivity contribution in [3.05, 3.63) is 60.2 Å². The summed E-state index contributed by atoms with van der Waals surface area (Å²) < 4.78 is 5.82. The zero-order chi connectivity index (χ0) is 16.7. The lowest BCUT2D eigenvalue weighted by Crippen LogP contribution is -2.12. The van der Waals surface area contributed by atoms with Crippen LogP contribution in [0.4, 0.5) is 5.69 Å². The lowest BCUT2D eigenvalue weighted by molar-refractivity contribution is -0.112. The van der Waals surface area contributed by atoms with Crippen molar-refractivity contribution in [2.75, 3.05) is 11.9 Å². The minimum absolute atomic E-state index is 0.410. The quantitative estimate of drug-likeness (QED) is 0.742. The van der Waals surface area contributed by atoms with Gasteiger partial charge in [-0.15, -0.1) is 0 Å². The summed E-state index contributed by atoms with van der Waals surface area (Å²) >= 11 is 0. The number of fused-ring (bicyclic) bond motifs is 2. The molecule has 4 rings (SSSR count). The molecule has 1 aliphatic heterocycles. The minimum Gasteiger partial charge on any atom is -0.493 e. The number of hydrogen-bond acceptors (Lipinski definition) is 3. The van der Waals surface area contributed by atoms with Crippen LogP contribution >= 0.6 is 0 Å². The second-order valence-electron chi connectivity index (χ2n) is 5.60. The summed E-state index contributed by atoms with van der Waals surface area (Å²) in [6.45, 7) is 2.46. The number of para-hydroxylation sites is 1. The average Bonchev–Trinajstić information content (AvgIpc) is 2.90. The number of carbonyl (C=O) groups is 2. The normalized spacial score (nSPS) is 13.0. The fourth-order valence-electron chi connectivity index (χ4n) is 3.18. The van der Waals surface area contributed by atoms with Crippen molar-refractivity contribution in [2.24, 2.45) is 0 Å². The first kappa shape index (κ1) is 14.5. The number of anilines is 1. The molecule has 0 atom stereocenters. The van der Waals surface area contributed by atoms with Crippen molar-refractivity contribution in [1.29, 1.82) is 0 Å².